The van der Waals surface area contributed by atoms with E-state index in [0.717, 1.165) is 37.2 Å². The summed E-state index contributed by atoms with van der Waals surface area (Å²) in [5, 5.41) is 2.89. The Kier molecular flexibility index (Phi) is 8.09. The molecule has 1 heterocycles. The molecule has 31 heavy (non-hydrogen) atoms. The molecule has 1 N–H and O–H groups in total. The van der Waals surface area contributed by atoms with Crippen LogP contribution in [0.5, 0.6) is 0 Å². The van der Waals surface area contributed by atoms with Crippen molar-refractivity contribution in [1.82, 2.24) is 10.2 Å². The van der Waals surface area contributed by atoms with Crippen molar-refractivity contribution in [3.05, 3.63) is 59.7 Å². The normalized spacial score (nSPS) is 14.9. The SMILES string of the molecule is Cc1ccc(N(CC(=O)NCCCN2CCCCC2)S(=O)(=O)c2ccc(C)cc2)cc1. The molecule has 7 heteroatoms. The van der Waals surface area contributed by atoms with Crippen LogP contribution >= 0.6 is 0 Å². The number of rotatable bonds is 9. The lowest BCUT2D eigenvalue weighted by Gasteiger charge is -2.26. The van der Waals surface area contributed by atoms with Gasteiger partial charge in [0.1, 0.15) is 6.54 Å². The summed E-state index contributed by atoms with van der Waals surface area (Å²) >= 11 is 0. The van der Waals surface area contributed by atoms with Crippen LogP contribution in [-0.4, -0.2) is 51.9 Å². The Labute approximate surface area is 186 Å². The average molecular weight is 444 g/mol. The summed E-state index contributed by atoms with van der Waals surface area (Å²) < 4.78 is 27.9. The van der Waals surface area contributed by atoms with Crippen molar-refractivity contribution in [2.24, 2.45) is 0 Å². The van der Waals surface area contributed by atoms with E-state index in [4.69, 9.17) is 0 Å². The smallest absolute Gasteiger partial charge is 0.264 e. The molecule has 0 aromatic heterocycles. The highest BCUT2D eigenvalue weighted by molar-refractivity contribution is 7.92. The second-order valence-electron chi connectivity index (χ2n) is 8.27. The van der Waals surface area contributed by atoms with Gasteiger partial charge in [-0.3, -0.25) is 9.10 Å². The molecule has 2 aromatic carbocycles. The van der Waals surface area contributed by atoms with Gasteiger partial charge in [-0.1, -0.05) is 41.8 Å². The number of nitrogens with one attached hydrogen (secondary N) is 1. The number of piperidine rings is 1. The van der Waals surface area contributed by atoms with Gasteiger partial charge in [0.25, 0.3) is 10.0 Å². The molecule has 0 spiro atoms. The summed E-state index contributed by atoms with van der Waals surface area (Å²) in [4.78, 5) is 15.3. The van der Waals surface area contributed by atoms with Crippen molar-refractivity contribution >= 4 is 21.6 Å². The molecule has 0 atom stereocenters. The third-order valence-electron chi connectivity index (χ3n) is 5.64. The lowest BCUT2D eigenvalue weighted by molar-refractivity contribution is -0.119. The first-order chi connectivity index (χ1) is 14.9. The summed E-state index contributed by atoms with van der Waals surface area (Å²) in [5.74, 6) is -0.296. The minimum absolute atomic E-state index is 0.177. The largest absolute Gasteiger partial charge is 0.354 e. The maximum atomic E-state index is 13.3. The molecule has 0 unspecified atom stereocenters. The zero-order chi connectivity index (χ0) is 22.3. The van der Waals surface area contributed by atoms with Crippen molar-refractivity contribution in [3.8, 4) is 0 Å². The summed E-state index contributed by atoms with van der Waals surface area (Å²) in [6.45, 7) is 7.37. The molecule has 1 saturated heterocycles. The lowest BCUT2D eigenvalue weighted by atomic mass is 10.1. The van der Waals surface area contributed by atoms with Gasteiger partial charge in [-0.2, -0.15) is 0 Å². The van der Waals surface area contributed by atoms with Crippen LogP contribution in [-0.2, 0) is 14.8 Å². The minimum Gasteiger partial charge on any atom is -0.354 e. The van der Waals surface area contributed by atoms with Crippen molar-refractivity contribution in [3.63, 3.8) is 0 Å². The average Bonchev–Trinajstić information content (AvgIpc) is 2.77. The standard InChI is InChI=1S/C24H33N3O3S/c1-20-7-11-22(12-8-20)27(31(29,30)23-13-9-21(2)10-14-23)19-24(28)25-15-6-18-26-16-4-3-5-17-26/h7-14H,3-6,15-19H2,1-2H3,(H,25,28). The summed E-state index contributed by atoms with van der Waals surface area (Å²) in [5.41, 5.74) is 2.49. The predicted octanol–water partition coefficient (Wildman–Crippen LogP) is 3.49. The van der Waals surface area contributed by atoms with Gasteiger partial charge in [0, 0.05) is 6.54 Å². The molecular formula is C24H33N3O3S. The monoisotopic (exact) mass is 443 g/mol. The highest BCUT2D eigenvalue weighted by Crippen LogP contribution is 2.24. The third kappa shape index (κ3) is 6.55. The van der Waals surface area contributed by atoms with Crippen LogP contribution in [0.4, 0.5) is 5.69 Å². The molecule has 1 amide bonds. The second kappa shape index (κ2) is 10.8. The van der Waals surface area contributed by atoms with Gasteiger partial charge >= 0.3 is 0 Å². The molecular weight excluding hydrogens is 410 g/mol. The summed E-state index contributed by atoms with van der Waals surface area (Å²) in [6.07, 6.45) is 4.65. The molecule has 0 bridgehead atoms. The molecule has 2 aromatic rings. The molecule has 0 saturated carbocycles. The van der Waals surface area contributed by atoms with Gasteiger partial charge in [-0.25, -0.2) is 8.42 Å². The number of hydrogen-bond acceptors (Lipinski definition) is 4. The molecule has 168 valence electrons. The van der Waals surface area contributed by atoms with Crippen molar-refractivity contribution in [2.45, 2.75) is 44.4 Å². The van der Waals surface area contributed by atoms with Gasteiger partial charge < -0.3 is 10.2 Å². The van der Waals surface area contributed by atoms with E-state index in [1.807, 2.05) is 26.0 Å². The highest BCUT2D eigenvalue weighted by atomic mass is 32.2. The zero-order valence-electron chi connectivity index (χ0n) is 18.5. The van der Waals surface area contributed by atoms with Crippen LogP contribution in [0.25, 0.3) is 0 Å². The van der Waals surface area contributed by atoms with E-state index in [1.54, 1.807) is 36.4 Å². The number of carbonyl (C=O) groups is 1. The van der Waals surface area contributed by atoms with E-state index in [1.165, 1.54) is 23.6 Å². The molecule has 6 nitrogen and oxygen atoms in total. The lowest BCUT2D eigenvalue weighted by Crippen LogP contribution is -2.41. The Morgan fingerprint density at radius 1 is 0.935 bits per heavy atom. The number of anilines is 1. The Bertz CT molecular complexity index is 951. The van der Waals surface area contributed by atoms with Crippen molar-refractivity contribution < 1.29 is 13.2 Å². The van der Waals surface area contributed by atoms with Gasteiger partial charge in [-0.05, 0) is 77.0 Å². The topological polar surface area (TPSA) is 69.7 Å². The number of nitrogens with zero attached hydrogens (tertiary/aromatic N) is 2. The third-order valence-corrected chi connectivity index (χ3v) is 7.43. The first kappa shape index (κ1) is 23.3. The Morgan fingerprint density at radius 2 is 1.52 bits per heavy atom. The maximum absolute atomic E-state index is 13.3. The number of sulfonamides is 1. The Hall–Kier alpha value is -2.38. The Morgan fingerprint density at radius 3 is 2.13 bits per heavy atom. The van der Waals surface area contributed by atoms with E-state index < -0.39 is 10.0 Å². The van der Waals surface area contributed by atoms with Crippen LogP contribution in [0.15, 0.2) is 53.4 Å². The number of likely N-dealkylation sites (tertiary alicyclic amines) is 1. The van der Waals surface area contributed by atoms with E-state index >= 15 is 0 Å². The predicted molar refractivity (Wildman–Crippen MR) is 125 cm³/mol. The van der Waals surface area contributed by atoms with E-state index in [0.29, 0.717) is 12.2 Å². The molecule has 3 rings (SSSR count). The van der Waals surface area contributed by atoms with Crippen LogP contribution in [0.3, 0.4) is 0 Å². The van der Waals surface area contributed by atoms with Gasteiger partial charge in [0.15, 0.2) is 0 Å². The number of aryl methyl sites for hydroxylation is 2. The van der Waals surface area contributed by atoms with E-state index in [9.17, 15) is 13.2 Å². The fraction of sp³-hybridized carbons (Fsp3) is 0.458. The van der Waals surface area contributed by atoms with Crippen LogP contribution in [0, 0.1) is 13.8 Å². The summed E-state index contributed by atoms with van der Waals surface area (Å²) in [6, 6.07) is 13.9. The van der Waals surface area contributed by atoms with E-state index in [2.05, 4.69) is 10.2 Å². The fourth-order valence-corrected chi connectivity index (χ4v) is 5.18. The molecule has 0 radical (unpaired) electrons. The quantitative estimate of drug-likeness (QED) is 0.603. The number of carbonyl (C=O) groups excluding carboxylic acids is 1. The summed E-state index contributed by atoms with van der Waals surface area (Å²) in [7, 11) is -3.86. The van der Waals surface area contributed by atoms with Crippen LogP contribution < -0.4 is 9.62 Å². The molecule has 1 aliphatic rings. The first-order valence-electron chi connectivity index (χ1n) is 11.0. The van der Waals surface area contributed by atoms with Gasteiger partial charge in [-0.15, -0.1) is 0 Å². The second-order valence-corrected chi connectivity index (χ2v) is 10.1. The van der Waals surface area contributed by atoms with Crippen LogP contribution in [0.1, 0.15) is 36.8 Å². The van der Waals surface area contributed by atoms with Crippen molar-refractivity contribution in [1.29, 1.82) is 0 Å². The minimum atomic E-state index is -3.86. The van der Waals surface area contributed by atoms with Crippen LogP contribution in [0.2, 0.25) is 0 Å². The van der Waals surface area contributed by atoms with Gasteiger partial charge in [0.05, 0.1) is 10.6 Å². The maximum Gasteiger partial charge on any atom is 0.264 e. The van der Waals surface area contributed by atoms with Gasteiger partial charge in [0.2, 0.25) is 5.91 Å². The number of amides is 1. The first-order valence-corrected chi connectivity index (χ1v) is 12.5. The molecule has 1 aliphatic heterocycles. The fourth-order valence-electron chi connectivity index (χ4n) is 3.76. The van der Waals surface area contributed by atoms with E-state index in [-0.39, 0.29) is 17.3 Å². The molecule has 1 fully saturated rings. The number of benzene rings is 2. The highest BCUT2D eigenvalue weighted by Gasteiger charge is 2.27. The van der Waals surface area contributed by atoms with Crippen molar-refractivity contribution in [2.75, 3.05) is 37.0 Å². The Balaban J connectivity index is 1.67. The molecule has 0 aliphatic carbocycles. The number of hydrogen-bond donors (Lipinski definition) is 1. The zero-order valence-corrected chi connectivity index (χ0v) is 19.3.